The van der Waals surface area contributed by atoms with Crippen LogP contribution in [-0.4, -0.2) is 32.4 Å². The Kier molecular flexibility index (Phi) is 6.13. The topological polar surface area (TPSA) is 76.8 Å². The Bertz CT molecular complexity index is 1320. The number of nitrogens with one attached hydrogen (secondary N) is 2. The quantitative estimate of drug-likeness (QED) is 0.411. The lowest BCUT2D eigenvalue weighted by Crippen LogP contribution is -2.29. The van der Waals surface area contributed by atoms with E-state index >= 15 is 0 Å². The molecule has 0 aliphatic heterocycles. The predicted octanol–water partition coefficient (Wildman–Crippen LogP) is 4.20. The van der Waals surface area contributed by atoms with Crippen molar-refractivity contribution in [3.8, 4) is 0 Å². The largest absolute Gasteiger partial charge is 0.383 e. The first-order valence-electron chi connectivity index (χ1n) is 10.7. The Morgan fingerprint density at radius 3 is 2.39 bits per heavy atom. The average molecular weight is 453 g/mol. The van der Waals surface area contributed by atoms with Gasteiger partial charge in [0.05, 0.1) is 18.3 Å². The molecule has 7 nitrogen and oxygen atoms in total. The number of hydrogen-bond acceptors (Lipinski definition) is 5. The molecule has 0 aliphatic rings. The van der Waals surface area contributed by atoms with Gasteiger partial charge in [0.15, 0.2) is 5.65 Å². The predicted molar refractivity (Wildman–Crippen MR) is 126 cm³/mol. The van der Waals surface area contributed by atoms with Crippen molar-refractivity contribution in [3.05, 3.63) is 82.3 Å². The summed E-state index contributed by atoms with van der Waals surface area (Å²) in [6.45, 7) is 7.07. The van der Waals surface area contributed by atoms with Crippen molar-refractivity contribution in [3.63, 3.8) is 0 Å². The minimum atomic E-state index is -0.367. The second kappa shape index (κ2) is 9.01. The highest BCUT2D eigenvalue weighted by Crippen LogP contribution is 2.20. The van der Waals surface area contributed by atoms with Crippen LogP contribution in [0.5, 0.6) is 0 Å². The average Bonchev–Trinajstić information content (AvgIpc) is 3.20. The molecule has 2 aromatic heterocycles. The summed E-state index contributed by atoms with van der Waals surface area (Å²) in [4.78, 5) is 18.1. The molecule has 0 bridgehead atoms. The number of anilines is 2. The first-order valence-corrected chi connectivity index (χ1v) is 10.7. The van der Waals surface area contributed by atoms with Crippen LogP contribution >= 0.6 is 0 Å². The van der Waals surface area contributed by atoms with Crippen LogP contribution in [0, 0.1) is 11.6 Å². The maximum atomic E-state index is 13.7. The van der Waals surface area contributed by atoms with Crippen molar-refractivity contribution in [2.45, 2.75) is 32.9 Å². The molecule has 9 heteroatoms. The van der Waals surface area contributed by atoms with Crippen LogP contribution in [0.1, 0.15) is 26.3 Å². The highest BCUT2D eigenvalue weighted by Gasteiger charge is 2.22. The minimum Gasteiger partial charge on any atom is -0.383 e. The summed E-state index contributed by atoms with van der Waals surface area (Å²) in [5, 5.41) is 11.2. The number of nitrogens with zero attached hydrogens (tertiary/aromatic N) is 4. The lowest BCUT2D eigenvalue weighted by Gasteiger charge is -2.21. The van der Waals surface area contributed by atoms with Gasteiger partial charge in [-0.05, 0) is 62.7 Å². The number of halogens is 2. The van der Waals surface area contributed by atoms with Gasteiger partial charge in [-0.25, -0.2) is 13.5 Å². The van der Waals surface area contributed by atoms with Gasteiger partial charge in [0.1, 0.15) is 17.0 Å². The zero-order chi connectivity index (χ0) is 23.6. The van der Waals surface area contributed by atoms with Crippen molar-refractivity contribution < 1.29 is 8.78 Å². The summed E-state index contributed by atoms with van der Waals surface area (Å²) < 4.78 is 30.0. The van der Waals surface area contributed by atoms with Gasteiger partial charge in [-0.1, -0.05) is 12.1 Å². The lowest BCUT2D eigenvalue weighted by molar-refractivity contribution is 0.366. The van der Waals surface area contributed by atoms with Crippen molar-refractivity contribution >= 4 is 22.7 Å². The number of hydrogen-bond donors (Lipinski definition) is 2. The van der Waals surface area contributed by atoms with Crippen LogP contribution in [0.25, 0.3) is 11.0 Å². The Balaban J connectivity index is 1.65. The van der Waals surface area contributed by atoms with E-state index in [1.165, 1.54) is 35.0 Å². The van der Waals surface area contributed by atoms with E-state index in [0.717, 1.165) is 5.69 Å². The molecule has 0 atom stereocenters. The molecule has 0 fully saturated rings. The van der Waals surface area contributed by atoms with Crippen LogP contribution in [-0.2, 0) is 12.1 Å². The number of aromatic nitrogens is 4. The zero-order valence-electron chi connectivity index (χ0n) is 18.8. The SMILES string of the molecule is CC(C)(C)n1ncc2c(=O)n(Cc3cccc(F)c3)c(NCCNc3ccc(F)cc3)nc21. The van der Waals surface area contributed by atoms with Gasteiger partial charge >= 0.3 is 0 Å². The van der Waals surface area contributed by atoms with E-state index in [0.29, 0.717) is 35.6 Å². The standard InChI is InChI=1S/C24H26F2N6O/c1-24(2,3)32-21-20(14-29-32)22(33)31(15-16-5-4-6-18(26)13-16)23(30-21)28-12-11-27-19-9-7-17(25)8-10-19/h4-10,13-14,27H,11-12,15H2,1-3H3,(H,28,30). The molecule has 4 aromatic rings. The van der Waals surface area contributed by atoms with E-state index in [1.807, 2.05) is 20.8 Å². The third-order valence-corrected chi connectivity index (χ3v) is 5.13. The third-order valence-electron chi connectivity index (χ3n) is 5.13. The number of benzene rings is 2. The van der Waals surface area contributed by atoms with Crippen molar-refractivity contribution in [2.75, 3.05) is 23.7 Å². The van der Waals surface area contributed by atoms with Crippen LogP contribution in [0.15, 0.2) is 59.5 Å². The molecular weight excluding hydrogens is 426 g/mol. The van der Waals surface area contributed by atoms with Gasteiger partial charge in [0.2, 0.25) is 5.95 Å². The van der Waals surface area contributed by atoms with E-state index in [4.69, 9.17) is 4.98 Å². The molecule has 4 rings (SSSR count). The Hall–Kier alpha value is -3.75. The molecule has 0 unspecified atom stereocenters. The maximum absolute atomic E-state index is 13.7. The summed E-state index contributed by atoms with van der Waals surface area (Å²) in [6.07, 6.45) is 1.53. The maximum Gasteiger partial charge on any atom is 0.266 e. The van der Waals surface area contributed by atoms with Gasteiger partial charge in [-0.15, -0.1) is 0 Å². The fourth-order valence-corrected chi connectivity index (χ4v) is 3.54. The summed E-state index contributed by atoms with van der Waals surface area (Å²) in [5.41, 5.74) is 1.29. The molecule has 2 heterocycles. The number of fused-ring (bicyclic) bond motifs is 1. The van der Waals surface area contributed by atoms with E-state index in [-0.39, 0.29) is 29.3 Å². The molecule has 33 heavy (non-hydrogen) atoms. The Morgan fingerprint density at radius 2 is 1.70 bits per heavy atom. The summed E-state index contributed by atoms with van der Waals surface area (Å²) in [5.74, 6) is -0.301. The molecule has 0 radical (unpaired) electrons. The number of rotatable bonds is 7. The van der Waals surface area contributed by atoms with Crippen molar-refractivity contribution in [1.29, 1.82) is 0 Å². The van der Waals surface area contributed by atoms with Crippen LogP contribution in [0.3, 0.4) is 0 Å². The van der Waals surface area contributed by atoms with E-state index in [1.54, 1.807) is 28.9 Å². The molecule has 172 valence electrons. The fraction of sp³-hybridized carbons (Fsp3) is 0.292. The molecule has 0 saturated heterocycles. The van der Waals surface area contributed by atoms with E-state index < -0.39 is 0 Å². The van der Waals surface area contributed by atoms with Crippen LogP contribution in [0.4, 0.5) is 20.4 Å². The van der Waals surface area contributed by atoms with Crippen molar-refractivity contribution in [1.82, 2.24) is 19.3 Å². The van der Waals surface area contributed by atoms with Gasteiger partial charge in [-0.2, -0.15) is 10.1 Å². The fourth-order valence-electron chi connectivity index (χ4n) is 3.54. The monoisotopic (exact) mass is 452 g/mol. The Labute approximate surface area is 190 Å². The minimum absolute atomic E-state index is 0.161. The molecule has 0 saturated carbocycles. The first kappa shape index (κ1) is 22.4. The second-order valence-electron chi connectivity index (χ2n) is 8.78. The summed E-state index contributed by atoms with van der Waals surface area (Å²) in [6, 6.07) is 12.2. The summed E-state index contributed by atoms with van der Waals surface area (Å²) in [7, 11) is 0. The first-order chi connectivity index (χ1) is 15.7. The second-order valence-corrected chi connectivity index (χ2v) is 8.78. The highest BCUT2D eigenvalue weighted by atomic mass is 19.1. The Morgan fingerprint density at radius 1 is 0.970 bits per heavy atom. The lowest BCUT2D eigenvalue weighted by atomic mass is 10.1. The van der Waals surface area contributed by atoms with Crippen LogP contribution in [0.2, 0.25) is 0 Å². The zero-order valence-corrected chi connectivity index (χ0v) is 18.8. The molecule has 0 aliphatic carbocycles. The van der Waals surface area contributed by atoms with Gasteiger partial charge < -0.3 is 10.6 Å². The van der Waals surface area contributed by atoms with Gasteiger partial charge in [0.25, 0.3) is 5.56 Å². The van der Waals surface area contributed by atoms with Gasteiger partial charge in [0, 0.05) is 18.8 Å². The summed E-state index contributed by atoms with van der Waals surface area (Å²) >= 11 is 0. The van der Waals surface area contributed by atoms with E-state index in [9.17, 15) is 13.6 Å². The molecule has 0 spiro atoms. The van der Waals surface area contributed by atoms with Crippen molar-refractivity contribution in [2.24, 2.45) is 0 Å². The molecule has 0 amide bonds. The normalized spacial score (nSPS) is 11.7. The van der Waals surface area contributed by atoms with E-state index in [2.05, 4.69) is 15.7 Å². The third kappa shape index (κ3) is 5.02. The van der Waals surface area contributed by atoms with Crippen LogP contribution < -0.4 is 16.2 Å². The molecular formula is C24H26F2N6O. The smallest absolute Gasteiger partial charge is 0.266 e. The van der Waals surface area contributed by atoms with Gasteiger partial charge in [-0.3, -0.25) is 9.36 Å². The highest BCUT2D eigenvalue weighted by molar-refractivity contribution is 5.75. The molecule has 2 N–H and O–H groups in total. The molecule has 2 aromatic carbocycles.